The van der Waals surface area contributed by atoms with Gasteiger partial charge in [-0.25, -0.2) is 0 Å². The largest absolute Gasteiger partial charge is 0.383 e. The zero-order valence-corrected chi connectivity index (χ0v) is 11.5. The molecule has 0 aliphatic rings. The molecule has 2 nitrogen and oxygen atoms in total. The Labute approximate surface area is 106 Å². The van der Waals surface area contributed by atoms with Gasteiger partial charge in [0.2, 0.25) is 0 Å². The molecule has 0 spiro atoms. The van der Waals surface area contributed by atoms with Gasteiger partial charge in [-0.1, -0.05) is 0 Å². The Morgan fingerprint density at radius 2 is 2.36 bits per heavy atom. The highest BCUT2D eigenvalue weighted by Gasteiger charge is 2.02. The number of hydrogen-bond acceptors (Lipinski definition) is 2. The molecule has 0 fully saturated rings. The van der Waals surface area contributed by atoms with Gasteiger partial charge in [0.1, 0.15) is 0 Å². The summed E-state index contributed by atoms with van der Waals surface area (Å²) in [6.07, 6.45) is 0. The van der Waals surface area contributed by atoms with E-state index in [4.69, 9.17) is 5.26 Å². The minimum absolute atomic E-state index is 0.0276. The lowest BCUT2D eigenvalue weighted by atomic mass is 10.2. The zero-order valence-electron chi connectivity index (χ0n) is 7.72. The Hall–Kier alpha value is -0.280. The average molecular weight is 365 g/mol. The highest BCUT2D eigenvalue weighted by Crippen LogP contribution is 2.24. The zero-order chi connectivity index (χ0) is 10.6. The van der Waals surface area contributed by atoms with E-state index < -0.39 is 0 Å². The summed E-state index contributed by atoms with van der Waals surface area (Å²) in [6.45, 7) is 2.57. The van der Waals surface area contributed by atoms with Crippen LogP contribution in [0.1, 0.15) is 6.92 Å². The summed E-state index contributed by atoms with van der Waals surface area (Å²) in [5, 5.41) is 11.9. The van der Waals surface area contributed by atoms with E-state index in [0.29, 0.717) is 6.54 Å². The van der Waals surface area contributed by atoms with E-state index in [1.54, 1.807) is 0 Å². The number of nitrogens with zero attached hydrogens (tertiary/aromatic N) is 1. The van der Waals surface area contributed by atoms with Gasteiger partial charge in [-0.05, 0) is 63.6 Å². The van der Waals surface area contributed by atoms with Gasteiger partial charge in [0.15, 0.2) is 0 Å². The molecule has 0 aromatic heterocycles. The quantitative estimate of drug-likeness (QED) is 0.831. The van der Waals surface area contributed by atoms with E-state index in [-0.39, 0.29) is 5.92 Å². The van der Waals surface area contributed by atoms with Crippen LogP contribution in [-0.2, 0) is 0 Å². The second-order valence-corrected chi connectivity index (χ2v) is 5.14. The first-order valence-corrected chi connectivity index (χ1v) is 6.09. The van der Waals surface area contributed by atoms with E-state index in [9.17, 15) is 0 Å². The standard InChI is InChI=1S/C10H10BrIN2/c1-7(5-13)6-14-10-4-8(12)2-3-9(10)11/h2-4,7,14H,6H2,1H3. The van der Waals surface area contributed by atoms with E-state index in [1.165, 1.54) is 3.57 Å². The molecule has 0 amide bonds. The maximum Gasteiger partial charge on any atom is 0.0671 e. The van der Waals surface area contributed by atoms with Crippen LogP contribution < -0.4 is 5.32 Å². The number of halogens is 2. The van der Waals surface area contributed by atoms with Crippen LogP contribution >= 0.6 is 38.5 Å². The summed E-state index contributed by atoms with van der Waals surface area (Å²) < 4.78 is 2.21. The number of hydrogen-bond donors (Lipinski definition) is 1. The Bertz CT molecular complexity index is 360. The van der Waals surface area contributed by atoms with Crippen molar-refractivity contribution in [3.63, 3.8) is 0 Å². The molecule has 14 heavy (non-hydrogen) atoms. The van der Waals surface area contributed by atoms with Gasteiger partial charge in [-0.3, -0.25) is 0 Å². The Morgan fingerprint density at radius 3 is 3.00 bits per heavy atom. The van der Waals surface area contributed by atoms with Crippen LogP contribution in [0.3, 0.4) is 0 Å². The van der Waals surface area contributed by atoms with Crippen LogP contribution in [-0.4, -0.2) is 6.54 Å². The van der Waals surface area contributed by atoms with Crippen LogP contribution in [0.15, 0.2) is 22.7 Å². The highest BCUT2D eigenvalue weighted by atomic mass is 127. The minimum atomic E-state index is 0.0276. The summed E-state index contributed by atoms with van der Waals surface area (Å²) in [5.74, 6) is 0.0276. The topological polar surface area (TPSA) is 35.8 Å². The molecular weight excluding hydrogens is 355 g/mol. The van der Waals surface area contributed by atoms with Crippen LogP contribution in [0.5, 0.6) is 0 Å². The van der Waals surface area contributed by atoms with Crippen molar-refractivity contribution in [2.45, 2.75) is 6.92 Å². The second kappa shape index (κ2) is 5.56. The first-order valence-electron chi connectivity index (χ1n) is 4.22. The Morgan fingerprint density at radius 1 is 1.64 bits per heavy atom. The number of rotatable bonds is 3. The van der Waals surface area contributed by atoms with Gasteiger partial charge in [0.25, 0.3) is 0 Å². The fourth-order valence-corrected chi connectivity index (χ4v) is 1.82. The minimum Gasteiger partial charge on any atom is -0.383 e. The predicted octanol–water partition coefficient (Wildman–Crippen LogP) is 3.63. The molecule has 0 bridgehead atoms. The van der Waals surface area contributed by atoms with Crippen molar-refractivity contribution >= 4 is 44.2 Å². The number of nitrogens with one attached hydrogen (secondary N) is 1. The fourth-order valence-electron chi connectivity index (χ4n) is 0.942. The van der Waals surface area contributed by atoms with Crippen LogP contribution in [0.25, 0.3) is 0 Å². The summed E-state index contributed by atoms with van der Waals surface area (Å²) in [7, 11) is 0. The van der Waals surface area contributed by atoms with E-state index in [2.05, 4.69) is 56.0 Å². The molecule has 1 aromatic rings. The van der Waals surface area contributed by atoms with E-state index in [0.717, 1.165) is 10.2 Å². The lowest BCUT2D eigenvalue weighted by molar-refractivity contribution is 0.786. The van der Waals surface area contributed by atoms with Crippen LogP contribution in [0.4, 0.5) is 5.69 Å². The predicted molar refractivity (Wildman–Crippen MR) is 70.1 cm³/mol. The molecule has 0 aliphatic heterocycles. The SMILES string of the molecule is CC(C#N)CNc1cc(I)ccc1Br. The van der Waals surface area contributed by atoms with Crippen LogP contribution in [0, 0.1) is 20.8 Å². The maximum absolute atomic E-state index is 8.63. The summed E-state index contributed by atoms with van der Waals surface area (Å²) >= 11 is 5.72. The second-order valence-electron chi connectivity index (χ2n) is 3.04. The van der Waals surface area contributed by atoms with Gasteiger partial charge >= 0.3 is 0 Å². The van der Waals surface area contributed by atoms with E-state index in [1.807, 2.05) is 19.1 Å². The van der Waals surface area contributed by atoms with Gasteiger partial charge < -0.3 is 5.32 Å². The molecular formula is C10H10BrIN2. The third-order valence-electron chi connectivity index (χ3n) is 1.75. The number of anilines is 1. The molecule has 0 saturated carbocycles. The molecule has 0 heterocycles. The van der Waals surface area contributed by atoms with Crippen molar-refractivity contribution in [2.75, 3.05) is 11.9 Å². The molecule has 1 aromatic carbocycles. The van der Waals surface area contributed by atoms with Crippen molar-refractivity contribution in [1.29, 1.82) is 5.26 Å². The first kappa shape index (κ1) is 11.8. The first-order chi connectivity index (χ1) is 6.63. The smallest absolute Gasteiger partial charge is 0.0671 e. The molecule has 74 valence electrons. The molecule has 4 heteroatoms. The normalized spacial score (nSPS) is 11.9. The summed E-state index contributed by atoms with van der Waals surface area (Å²) in [4.78, 5) is 0. The van der Waals surface area contributed by atoms with E-state index >= 15 is 0 Å². The molecule has 1 rings (SSSR count). The number of benzene rings is 1. The molecule has 0 saturated heterocycles. The molecule has 1 unspecified atom stereocenters. The van der Waals surface area contributed by atoms with Crippen molar-refractivity contribution < 1.29 is 0 Å². The van der Waals surface area contributed by atoms with Gasteiger partial charge in [-0.15, -0.1) is 0 Å². The molecule has 1 N–H and O–H groups in total. The monoisotopic (exact) mass is 364 g/mol. The Kier molecular flexibility index (Phi) is 4.69. The van der Waals surface area contributed by atoms with Gasteiger partial charge in [-0.2, -0.15) is 5.26 Å². The van der Waals surface area contributed by atoms with Crippen molar-refractivity contribution in [1.82, 2.24) is 0 Å². The fraction of sp³-hybridized carbons (Fsp3) is 0.300. The summed E-state index contributed by atoms with van der Waals surface area (Å²) in [5.41, 5.74) is 1.04. The average Bonchev–Trinajstić information content (AvgIpc) is 2.19. The summed E-state index contributed by atoms with van der Waals surface area (Å²) in [6, 6.07) is 8.27. The lowest BCUT2D eigenvalue weighted by Gasteiger charge is -2.09. The third kappa shape index (κ3) is 3.46. The maximum atomic E-state index is 8.63. The van der Waals surface area contributed by atoms with Gasteiger partial charge in [0, 0.05) is 20.3 Å². The number of nitriles is 1. The Balaban J connectivity index is 2.67. The lowest BCUT2D eigenvalue weighted by Crippen LogP contribution is -2.09. The third-order valence-corrected chi connectivity index (χ3v) is 3.11. The van der Waals surface area contributed by atoms with Gasteiger partial charge in [0.05, 0.1) is 12.0 Å². The molecule has 0 radical (unpaired) electrons. The van der Waals surface area contributed by atoms with Crippen LogP contribution in [0.2, 0.25) is 0 Å². The van der Waals surface area contributed by atoms with Crippen molar-refractivity contribution in [3.05, 3.63) is 26.2 Å². The highest BCUT2D eigenvalue weighted by molar-refractivity contribution is 14.1. The molecule has 1 atom stereocenters. The van der Waals surface area contributed by atoms with Crippen molar-refractivity contribution in [2.24, 2.45) is 5.92 Å². The van der Waals surface area contributed by atoms with Crippen molar-refractivity contribution in [3.8, 4) is 6.07 Å². The molecule has 0 aliphatic carbocycles.